The number of nitrogens with one attached hydrogen (secondary N) is 1. The maximum absolute atomic E-state index is 11.8. The van der Waals surface area contributed by atoms with Crippen LogP contribution >= 0.6 is 0 Å². The molecule has 0 bridgehead atoms. The van der Waals surface area contributed by atoms with Crippen LogP contribution in [-0.2, 0) is 26.1 Å². The van der Waals surface area contributed by atoms with Crippen LogP contribution in [0.1, 0.15) is 5.56 Å². The first-order chi connectivity index (χ1) is 9.43. The lowest BCUT2D eigenvalue weighted by Gasteiger charge is -2.18. The first-order valence-electron chi connectivity index (χ1n) is 6.03. The minimum absolute atomic E-state index is 0.148. The van der Waals surface area contributed by atoms with Gasteiger partial charge in [-0.1, -0.05) is 6.07 Å². The Hall–Kier alpha value is -1.51. The van der Waals surface area contributed by atoms with Crippen LogP contribution in [0.3, 0.4) is 0 Å². The van der Waals surface area contributed by atoms with Crippen LogP contribution in [-0.4, -0.2) is 56.7 Å². The van der Waals surface area contributed by atoms with E-state index in [0.717, 1.165) is 16.1 Å². The summed E-state index contributed by atoms with van der Waals surface area (Å²) in [7, 11) is -1.96. The lowest BCUT2D eigenvalue weighted by atomic mass is 10.3. The van der Waals surface area contributed by atoms with Crippen LogP contribution in [0.5, 0.6) is 0 Å². The highest BCUT2D eigenvalue weighted by Gasteiger charge is 2.19. The van der Waals surface area contributed by atoms with Crippen LogP contribution in [0.4, 0.5) is 0 Å². The van der Waals surface area contributed by atoms with Crippen molar-refractivity contribution in [2.45, 2.75) is 6.54 Å². The SMILES string of the molecule is COCCN(CC(=O)NCc1cccnc1)S(C)(=O)=O. The van der Waals surface area contributed by atoms with Gasteiger partial charge in [-0.05, 0) is 11.6 Å². The number of carbonyl (C=O) groups excluding carboxylic acids is 1. The maximum Gasteiger partial charge on any atom is 0.235 e. The molecule has 0 atom stereocenters. The highest BCUT2D eigenvalue weighted by atomic mass is 32.2. The summed E-state index contributed by atoms with van der Waals surface area (Å²) in [6, 6.07) is 3.59. The zero-order valence-electron chi connectivity index (χ0n) is 11.6. The molecule has 1 amide bonds. The van der Waals surface area contributed by atoms with Gasteiger partial charge in [-0.25, -0.2) is 8.42 Å². The van der Waals surface area contributed by atoms with Gasteiger partial charge in [-0.15, -0.1) is 0 Å². The molecule has 0 aliphatic heterocycles. The van der Waals surface area contributed by atoms with Gasteiger partial charge in [0.15, 0.2) is 0 Å². The van der Waals surface area contributed by atoms with E-state index >= 15 is 0 Å². The second-order valence-electron chi connectivity index (χ2n) is 4.23. The van der Waals surface area contributed by atoms with Gasteiger partial charge in [0.05, 0.1) is 19.4 Å². The third kappa shape index (κ3) is 6.09. The Labute approximate surface area is 119 Å². The molecule has 7 nitrogen and oxygen atoms in total. The third-order valence-corrected chi connectivity index (χ3v) is 3.80. The number of aromatic nitrogens is 1. The van der Waals surface area contributed by atoms with Gasteiger partial charge in [-0.3, -0.25) is 9.78 Å². The number of pyridine rings is 1. The van der Waals surface area contributed by atoms with Crippen molar-refractivity contribution in [3.8, 4) is 0 Å². The predicted octanol–water partition coefficient (Wildman–Crippen LogP) is -0.394. The largest absolute Gasteiger partial charge is 0.383 e. The molecule has 0 radical (unpaired) electrons. The van der Waals surface area contributed by atoms with Crippen molar-refractivity contribution in [1.29, 1.82) is 0 Å². The number of ether oxygens (including phenoxy) is 1. The standard InChI is InChI=1S/C12H19N3O4S/c1-19-7-6-15(20(2,17)18)10-12(16)14-9-11-4-3-5-13-8-11/h3-5,8H,6-7,9-10H2,1-2H3,(H,14,16). The molecule has 0 aromatic carbocycles. The van der Waals surface area contributed by atoms with Gasteiger partial charge in [0.1, 0.15) is 0 Å². The lowest BCUT2D eigenvalue weighted by Crippen LogP contribution is -2.41. The number of methoxy groups -OCH3 is 1. The average molecular weight is 301 g/mol. The number of carbonyl (C=O) groups is 1. The van der Waals surface area contributed by atoms with Crippen molar-refractivity contribution >= 4 is 15.9 Å². The van der Waals surface area contributed by atoms with E-state index in [1.54, 1.807) is 18.5 Å². The highest BCUT2D eigenvalue weighted by Crippen LogP contribution is 1.98. The number of hydrogen-bond acceptors (Lipinski definition) is 5. The van der Waals surface area contributed by atoms with Crippen molar-refractivity contribution in [1.82, 2.24) is 14.6 Å². The van der Waals surface area contributed by atoms with Gasteiger partial charge >= 0.3 is 0 Å². The molecule has 112 valence electrons. The first-order valence-corrected chi connectivity index (χ1v) is 7.88. The molecule has 1 aromatic rings. The minimum atomic E-state index is -3.44. The number of hydrogen-bond donors (Lipinski definition) is 1. The van der Waals surface area contributed by atoms with E-state index in [0.29, 0.717) is 6.54 Å². The van der Waals surface area contributed by atoms with Crippen LogP contribution in [0.15, 0.2) is 24.5 Å². The second-order valence-corrected chi connectivity index (χ2v) is 6.21. The molecule has 0 aliphatic rings. The minimum Gasteiger partial charge on any atom is -0.383 e. The van der Waals surface area contributed by atoms with Gasteiger partial charge in [0, 0.05) is 32.6 Å². The number of sulfonamides is 1. The fraction of sp³-hybridized carbons (Fsp3) is 0.500. The van der Waals surface area contributed by atoms with Crippen LogP contribution in [0.25, 0.3) is 0 Å². The van der Waals surface area contributed by atoms with Crippen LogP contribution in [0.2, 0.25) is 0 Å². The van der Waals surface area contributed by atoms with E-state index in [-0.39, 0.29) is 25.6 Å². The van der Waals surface area contributed by atoms with E-state index in [4.69, 9.17) is 4.74 Å². The summed E-state index contributed by atoms with van der Waals surface area (Å²) >= 11 is 0. The van der Waals surface area contributed by atoms with Crippen LogP contribution in [0, 0.1) is 0 Å². The Balaban J connectivity index is 2.50. The summed E-state index contributed by atoms with van der Waals surface area (Å²) in [4.78, 5) is 15.7. The third-order valence-electron chi connectivity index (χ3n) is 2.55. The summed E-state index contributed by atoms with van der Waals surface area (Å²) < 4.78 is 29.0. The molecular formula is C12H19N3O4S. The summed E-state index contributed by atoms with van der Waals surface area (Å²) in [6.07, 6.45) is 4.35. The number of rotatable bonds is 8. The maximum atomic E-state index is 11.8. The number of amides is 1. The quantitative estimate of drug-likeness (QED) is 0.706. The molecule has 0 aliphatic carbocycles. The molecule has 0 fully saturated rings. The Kier molecular flexibility index (Phi) is 6.56. The Morgan fingerprint density at radius 3 is 2.80 bits per heavy atom. The summed E-state index contributed by atoms with van der Waals surface area (Å²) in [5.41, 5.74) is 0.851. The molecule has 0 unspecified atom stereocenters. The van der Waals surface area contributed by atoms with Crippen LogP contribution < -0.4 is 5.32 Å². The average Bonchev–Trinajstić information content (AvgIpc) is 2.41. The predicted molar refractivity (Wildman–Crippen MR) is 74.4 cm³/mol. The molecule has 1 aromatic heterocycles. The molecule has 0 spiro atoms. The van der Waals surface area contributed by atoms with Gasteiger partial charge < -0.3 is 10.1 Å². The molecule has 20 heavy (non-hydrogen) atoms. The lowest BCUT2D eigenvalue weighted by molar-refractivity contribution is -0.121. The molecule has 0 saturated carbocycles. The van der Waals surface area contributed by atoms with Crippen molar-refractivity contribution in [2.75, 3.05) is 33.1 Å². The topological polar surface area (TPSA) is 88.6 Å². The molecular weight excluding hydrogens is 282 g/mol. The Morgan fingerprint density at radius 1 is 1.50 bits per heavy atom. The normalized spacial score (nSPS) is 11.6. The molecule has 1 heterocycles. The van der Waals surface area contributed by atoms with Gasteiger partial charge in [-0.2, -0.15) is 4.31 Å². The zero-order valence-corrected chi connectivity index (χ0v) is 12.4. The van der Waals surface area contributed by atoms with E-state index < -0.39 is 10.0 Å². The second kappa shape index (κ2) is 7.93. The summed E-state index contributed by atoms with van der Waals surface area (Å²) in [5, 5.41) is 2.65. The summed E-state index contributed by atoms with van der Waals surface area (Å²) in [6.45, 7) is 0.482. The zero-order chi connectivity index (χ0) is 15.0. The van der Waals surface area contributed by atoms with Gasteiger partial charge in [0.2, 0.25) is 15.9 Å². The molecule has 0 saturated heterocycles. The monoisotopic (exact) mass is 301 g/mol. The molecule has 1 rings (SSSR count). The number of nitrogens with zero attached hydrogens (tertiary/aromatic N) is 2. The fourth-order valence-corrected chi connectivity index (χ4v) is 2.23. The molecule has 1 N–H and O–H groups in total. The first kappa shape index (κ1) is 16.5. The van der Waals surface area contributed by atoms with Crippen molar-refractivity contribution in [3.05, 3.63) is 30.1 Å². The Bertz CT molecular complexity index is 519. The Morgan fingerprint density at radius 2 is 2.25 bits per heavy atom. The summed E-state index contributed by atoms with van der Waals surface area (Å²) in [5.74, 6) is -0.365. The van der Waals surface area contributed by atoms with E-state index in [9.17, 15) is 13.2 Å². The smallest absolute Gasteiger partial charge is 0.235 e. The van der Waals surface area contributed by atoms with Gasteiger partial charge in [0.25, 0.3) is 0 Å². The van der Waals surface area contributed by atoms with Crippen molar-refractivity contribution in [3.63, 3.8) is 0 Å². The van der Waals surface area contributed by atoms with E-state index in [2.05, 4.69) is 10.3 Å². The fourth-order valence-electron chi connectivity index (χ4n) is 1.47. The highest BCUT2D eigenvalue weighted by molar-refractivity contribution is 7.88. The van der Waals surface area contributed by atoms with E-state index in [1.165, 1.54) is 7.11 Å². The molecule has 8 heteroatoms. The van der Waals surface area contributed by atoms with Crippen molar-refractivity contribution < 1.29 is 17.9 Å². The van der Waals surface area contributed by atoms with E-state index in [1.807, 2.05) is 6.07 Å². The van der Waals surface area contributed by atoms with Crippen molar-refractivity contribution in [2.24, 2.45) is 0 Å².